The summed E-state index contributed by atoms with van der Waals surface area (Å²) in [5.74, 6) is 2.20. The number of rotatable bonds is 3. The van der Waals surface area contributed by atoms with E-state index in [9.17, 15) is 4.79 Å². The van der Waals surface area contributed by atoms with E-state index in [0.717, 1.165) is 30.8 Å². The van der Waals surface area contributed by atoms with Gasteiger partial charge in [0.05, 0.1) is 6.04 Å². The molecule has 2 aliphatic rings. The van der Waals surface area contributed by atoms with Gasteiger partial charge < -0.3 is 19.7 Å². The Kier molecular flexibility index (Phi) is 4.17. The van der Waals surface area contributed by atoms with Gasteiger partial charge in [0, 0.05) is 25.4 Å². The molecule has 0 aliphatic carbocycles. The zero-order valence-corrected chi connectivity index (χ0v) is 14.2. The van der Waals surface area contributed by atoms with Crippen LogP contribution in [0.15, 0.2) is 36.5 Å². The summed E-state index contributed by atoms with van der Waals surface area (Å²) in [4.78, 5) is 19.3. The second-order valence-corrected chi connectivity index (χ2v) is 6.24. The van der Waals surface area contributed by atoms with Gasteiger partial charge in [-0.1, -0.05) is 0 Å². The molecule has 0 unspecified atom stereocenters. The summed E-state index contributed by atoms with van der Waals surface area (Å²) in [5.41, 5.74) is 1.75. The minimum Gasteiger partial charge on any atom is -0.486 e. The number of pyridine rings is 1. The summed E-state index contributed by atoms with van der Waals surface area (Å²) < 4.78 is 11.1. The number of carbonyl (C=O) groups excluding carboxylic acids is 1. The monoisotopic (exact) mass is 339 g/mol. The average Bonchev–Trinajstić information content (AvgIpc) is 3.17. The smallest absolute Gasteiger partial charge is 0.254 e. The van der Waals surface area contributed by atoms with Crippen molar-refractivity contribution >= 4 is 11.7 Å². The largest absolute Gasteiger partial charge is 0.486 e. The molecular formula is C19H21N3O3. The molecule has 1 aromatic heterocycles. The lowest BCUT2D eigenvalue weighted by atomic mass is 10.0. The van der Waals surface area contributed by atoms with E-state index in [0.29, 0.717) is 30.3 Å². The topological polar surface area (TPSA) is 63.7 Å². The molecule has 4 rings (SSSR count). The molecule has 130 valence electrons. The number of likely N-dealkylation sites (tertiary alicyclic amines) is 1. The lowest BCUT2D eigenvalue weighted by Crippen LogP contribution is -2.30. The van der Waals surface area contributed by atoms with Gasteiger partial charge in [-0.25, -0.2) is 4.98 Å². The van der Waals surface area contributed by atoms with Crippen LogP contribution in [-0.4, -0.2) is 42.6 Å². The molecular weight excluding hydrogens is 318 g/mol. The summed E-state index contributed by atoms with van der Waals surface area (Å²) in [5, 5.41) is 3.06. The highest BCUT2D eigenvalue weighted by Gasteiger charge is 2.31. The van der Waals surface area contributed by atoms with Crippen LogP contribution in [-0.2, 0) is 0 Å². The molecule has 1 aromatic carbocycles. The summed E-state index contributed by atoms with van der Waals surface area (Å²) in [7, 11) is 1.85. The second kappa shape index (κ2) is 6.63. The van der Waals surface area contributed by atoms with Gasteiger partial charge in [0.15, 0.2) is 11.5 Å². The van der Waals surface area contributed by atoms with E-state index in [2.05, 4.69) is 10.3 Å². The van der Waals surface area contributed by atoms with Crippen molar-refractivity contribution in [2.45, 2.75) is 18.9 Å². The molecule has 1 N–H and O–H groups in total. The van der Waals surface area contributed by atoms with Gasteiger partial charge in [-0.15, -0.1) is 0 Å². The Morgan fingerprint density at radius 2 is 2.04 bits per heavy atom. The Labute approximate surface area is 146 Å². The molecule has 0 radical (unpaired) electrons. The fourth-order valence-electron chi connectivity index (χ4n) is 3.49. The van der Waals surface area contributed by atoms with Gasteiger partial charge in [0.1, 0.15) is 19.0 Å². The number of anilines is 1. The lowest BCUT2D eigenvalue weighted by Gasteiger charge is -2.26. The quantitative estimate of drug-likeness (QED) is 0.931. The average molecular weight is 339 g/mol. The summed E-state index contributed by atoms with van der Waals surface area (Å²) in [6.45, 7) is 1.82. The number of carbonyl (C=O) groups is 1. The molecule has 6 nitrogen and oxygen atoms in total. The Bertz CT molecular complexity index is 793. The van der Waals surface area contributed by atoms with Crippen LogP contribution >= 0.6 is 0 Å². The SMILES string of the molecule is CNc1cc([C@@H]2CCCN2C(=O)c2ccc3c(c2)OCCO3)ccn1. The van der Waals surface area contributed by atoms with Crippen molar-refractivity contribution in [3.8, 4) is 11.5 Å². The maximum Gasteiger partial charge on any atom is 0.254 e. The van der Waals surface area contributed by atoms with Crippen molar-refractivity contribution in [3.05, 3.63) is 47.7 Å². The zero-order chi connectivity index (χ0) is 17.2. The van der Waals surface area contributed by atoms with Gasteiger partial charge in [0.2, 0.25) is 0 Å². The highest BCUT2D eigenvalue weighted by molar-refractivity contribution is 5.95. The summed E-state index contributed by atoms with van der Waals surface area (Å²) in [6, 6.07) is 9.50. The van der Waals surface area contributed by atoms with Crippen LogP contribution in [0.5, 0.6) is 11.5 Å². The predicted molar refractivity (Wildman–Crippen MR) is 94.2 cm³/mol. The van der Waals surface area contributed by atoms with E-state index in [1.807, 2.05) is 36.2 Å². The third-order valence-corrected chi connectivity index (χ3v) is 4.73. The molecule has 1 amide bonds. The molecule has 1 fully saturated rings. The zero-order valence-electron chi connectivity index (χ0n) is 14.2. The predicted octanol–water partition coefficient (Wildman–Crippen LogP) is 2.87. The fourth-order valence-corrected chi connectivity index (χ4v) is 3.49. The van der Waals surface area contributed by atoms with Gasteiger partial charge in [-0.05, 0) is 48.7 Å². The molecule has 1 saturated heterocycles. The minimum absolute atomic E-state index is 0.0299. The molecule has 2 aromatic rings. The normalized spacial score (nSPS) is 18.9. The number of aromatic nitrogens is 1. The second-order valence-electron chi connectivity index (χ2n) is 6.24. The third-order valence-electron chi connectivity index (χ3n) is 4.73. The van der Waals surface area contributed by atoms with Gasteiger partial charge >= 0.3 is 0 Å². The van der Waals surface area contributed by atoms with Crippen molar-refractivity contribution < 1.29 is 14.3 Å². The Morgan fingerprint density at radius 1 is 1.20 bits per heavy atom. The van der Waals surface area contributed by atoms with Crippen LogP contribution in [0, 0.1) is 0 Å². The van der Waals surface area contributed by atoms with Crippen molar-refractivity contribution in [2.24, 2.45) is 0 Å². The highest BCUT2D eigenvalue weighted by atomic mass is 16.6. The number of nitrogens with one attached hydrogen (secondary N) is 1. The maximum atomic E-state index is 13.1. The Balaban J connectivity index is 1.60. The molecule has 6 heteroatoms. The minimum atomic E-state index is 0.0299. The number of ether oxygens (including phenoxy) is 2. The van der Waals surface area contributed by atoms with E-state index in [1.165, 1.54) is 0 Å². The standard InChI is InChI=1S/C19H21N3O3/c1-20-18-12-13(6-7-21-18)15-3-2-8-22(15)19(23)14-4-5-16-17(11-14)25-10-9-24-16/h4-7,11-12,15H,2-3,8-10H2,1H3,(H,20,21)/t15-/m0/s1. The number of nitrogens with zero attached hydrogens (tertiary/aromatic N) is 2. The first-order chi connectivity index (χ1) is 12.3. The van der Waals surface area contributed by atoms with Crippen LogP contribution in [0.1, 0.15) is 34.8 Å². The Hall–Kier alpha value is -2.76. The molecule has 25 heavy (non-hydrogen) atoms. The lowest BCUT2D eigenvalue weighted by molar-refractivity contribution is 0.0734. The maximum absolute atomic E-state index is 13.1. The first-order valence-electron chi connectivity index (χ1n) is 8.60. The van der Waals surface area contributed by atoms with E-state index in [4.69, 9.17) is 9.47 Å². The van der Waals surface area contributed by atoms with Crippen molar-refractivity contribution in [1.29, 1.82) is 0 Å². The first-order valence-corrected chi connectivity index (χ1v) is 8.60. The number of hydrogen-bond acceptors (Lipinski definition) is 5. The van der Waals surface area contributed by atoms with Gasteiger partial charge in [-0.3, -0.25) is 4.79 Å². The van der Waals surface area contributed by atoms with Crippen LogP contribution < -0.4 is 14.8 Å². The van der Waals surface area contributed by atoms with Crippen molar-refractivity contribution in [1.82, 2.24) is 9.88 Å². The van der Waals surface area contributed by atoms with Gasteiger partial charge in [0.25, 0.3) is 5.91 Å². The molecule has 0 spiro atoms. The summed E-state index contributed by atoms with van der Waals surface area (Å²) >= 11 is 0. The number of benzene rings is 1. The number of fused-ring (bicyclic) bond motifs is 1. The molecule has 0 bridgehead atoms. The molecule has 0 saturated carbocycles. The van der Waals surface area contributed by atoms with E-state index < -0.39 is 0 Å². The van der Waals surface area contributed by atoms with Crippen LogP contribution in [0.3, 0.4) is 0 Å². The van der Waals surface area contributed by atoms with E-state index in [1.54, 1.807) is 12.3 Å². The number of amides is 1. The van der Waals surface area contributed by atoms with Gasteiger partial charge in [-0.2, -0.15) is 0 Å². The summed E-state index contributed by atoms with van der Waals surface area (Å²) in [6.07, 6.45) is 3.74. The van der Waals surface area contributed by atoms with Crippen LogP contribution in [0.2, 0.25) is 0 Å². The third kappa shape index (κ3) is 2.99. The van der Waals surface area contributed by atoms with Crippen LogP contribution in [0.4, 0.5) is 5.82 Å². The van der Waals surface area contributed by atoms with E-state index in [-0.39, 0.29) is 11.9 Å². The molecule has 1 atom stereocenters. The van der Waals surface area contributed by atoms with E-state index >= 15 is 0 Å². The Morgan fingerprint density at radius 3 is 2.88 bits per heavy atom. The van der Waals surface area contributed by atoms with Crippen molar-refractivity contribution in [2.75, 3.05) is 32.1 Å². The molecule has 2 aliphatic heterocycles. The highest BCUT2D eigenvalue weighted by Crippen LogP contribution is 2.36. The fraction of sp³-hybridized carbons (Fsp3) is 0.368. The number of hydrogen-bond donors (Lipinski definition) is 1. The first kappa shape index (κ1) is 15.7. The van der Waals surface area contributed by atoms with Crippen LogP contribution in [0.25, 0.3) is 0 Å². The molecule has 3 heterocycles. The van der Waals surface area contributed by atoms with Crippen molar-refractivity contribution in [3.63, 3.8) is 0 Å².